The van der Waals surface area contributed by atoms with Gasteiger partial charge >= 0.3 is 0 Å². The number of benzene rings is 4. The summed E-state index contributed by atoms with van der Waals surface area (Å²) < 4.78 is 0. The Hall–Kier alpha value is -5.21. The molecule has 2 aromatic heterocycles. The summed E-state index contributed by atoms with van der Waals surface area (Å²) in [4.78, 5) is 19.3. The molecule has 0 aliphatic heterocycles. The van der Waals surface area contributed by atoms with Crippen LogP contribution in [0.4, 0.5) is 0 Å². The van der Waals surface area contributed by atoms with Crippen molar-refractivity contribution in [2.75, 3.05) is 0 Å². The number of nitrogens with zero attached hydrogens (tertiary/aromatic N) is 5. The highest BCUT2D eigenvalue weighted by Crippen LogP contribution is 2.60. The van der Waals surface area contributed by atoms with Crippen molar-refractivity contribution in [3.05, 3.63) is 120 Å². The molecule has 222 valence electrons. The van der Waals surface area contributed by atoms with E-state index in [1.165, 1.54) is 49.7 Å². The normalized spacial score (nSPS) is 23.0. The van der Waals surface area contributed by atoms with Crippen LogP contribution in [0.5, 0.6) is 0 Å². The highest BCUT2D eigenvalue weighted by atomic mass is 15.0. The molecule has 5 nitrogen and oxygen atoms in total. The third-order valence-corrected chi connectivity index (χ3v) is 10.8. The first kappa shape index (κ1) is 27.1. The lowest BCUT2D eigenvalue weighted by molar-refractivity contribution is -0.00518. The summed E-state index contributed by atoms with van der Waals surface area (Å²) in [5.41, 5.74) is 8.22. The zero-order chi connectivity index (χ0) is 30.7. The molecule has 2 heterocycles. The Morgan fingerprint density at radius 2 is 1.13 bits per heavy atom. The molecule has 0 unspecified atom stereocenters. The van der Waals surface area contributed by atoms with Crippen LogP contribution in [0.15, 0.2) is 109 Å². The van der Waals surface area contributed by atoms with Gasteiger partial charge in [0.1, 0.15) is 6.07 Å². The monoisotopic (exact) mass is 595 g/mol. The summed E-state index contributed by atoms with van der Waals surface area (Å²) >= 11 is 0. The molecule has 4 bridgehead atoms. The number of fused-ring (bicyclic) bond motifs is 1. The summed E-state index contributed by atoms with van der Waals surface area (Å²) in [5, 5.41) is 10.5. The van der Waals surface area contributed by atoms with E-state index in [1.807, 2.05) is 48.5 Å². The maximum absolute atomic E-state index is 9.67. The van der Waals surface area contributed by atoms with Gasteiger partial charge in [-0.3, -0.25) is 4.98 Å². The fraction of sp³-hybridized carbons (Fsp3) is 0.244. The van der Waals surface area contributed by atoms with Crippen molar-refractivity contribution in [2.24, 2.45) is 17.8 Å². The van der Waals surface area contributed by atoms with E-state index < -0.39 is 0 Å². The second-order valence-electron chi connectivity index (χ2n) is 13.7. The minimum Gasteiger partial charge on any atom is -0.255 e. The number of rotatable bonds is 5. The zero-order valence-electron chi connectivity index (χ0n) is 25.6. The molecular formula is C41H33N5. The van der Waals surface area contributed by atoms with Crippen LogP contribution in [0.25, 0.3) is 56.2 Å². The molecular weight excluding hydrogens is 562 g/mol. The molecule has 0 spiro atoms. The average Bonchev–Trinajstić information content (AvgIpc) is 3.11. The van der Waals surface area contributed by atoms with E-state index in [0.29, 0.717) is 34.0 Å². The maximum Gasteiger partial charge on any atom is 0.164 e. The van der Waals surface area contributed by atoms with Crippen LogP contribution >= 0.6 is 0 Å². The first-order valence-corrected chi connectivity index (χ1v) is 16.5. The van der Waals surface area contributed by atoms with Gasteiger partial charge in [-0.05, 0) is 96.6 Å². The molecule has 4 aliphatic carbocycles. The Bertz CT molecular complexity index is 2090. The van der Waals surface area contributed by atoms with Crippen molar-refractivity contribution in [3.63, 3.8) is 0 Å². The van der Waals surface area contributed by atoms with Gasteiger partial charge in [0.25, 0.3) is 0 Å². The molecule has 46 heavy (non-hydrogen) atoms. The molecule has 4 saturated carbocycles. The molecule has 6 aromatic rings. The summed E-state index contributed by atoms with van der Waals surface area (Å²) in [6.07, 6.45) is 10.3. The van der Waals surface area contributed by atoms with Gasteiger partial charge in [0.2, 0.25) is 0 Å². The Labute approximate surface area is 269 Å². The predicted molar refractivity (Wildman–Crippen MR) is 181 cm³/mol. The lowest BCUT2D eigenvalue weighted by atomic mass is 9.48. The number of pyridine rings is 1. The van der Waals surface area contributed by atoms with Gasteiger partial charge in [-0.2, -0.15) is 5.26 Å². The second-order valence-corrected chi connectivity index (χ2v) is 13.7. The van der Waals surface area contributed by atoms with E-state index in [1.54, 1.807) is 17.8 Å². The molecule has 5 heteroatoms. The van der Waals surface area contributed by atoms with Crippen molar-refractivity contribution in [3.8, 4) is 51.4 Å². The quantitative estimate of drug-likeness (QED) is 0.198. The van der Waals surface area contributed by atoms with E-state index in [-0.39, 0.29) is 0 Å². The number of hydrogen-bond donors (Lipinski definition) is 0. The van der Waals surface area contributed by atoms with Gasteiger partial charge in [-0.25, -0.2) is 15.0 Å². The van der Waals surface area contributed by atoms with Gasteiger partial charge in [-0.15, -0.1) is 0 Å². The summed E-state index contributed by atoms with van der Waals surface area (Å²) in [6, 6.07) is 37.8. The first-order chi connectivity index (χ1) is 22.6. The van der Waals surface area contributed by atoms with Gasteiger partial charge in [0, 0.05) is 28.3 Å². The molecule has 0 atom stereocenters. The van der Waals surface area contributed by atoms with Crippen molar-refractivity contribution >= 4 is 10.9 Å². The zero-order valence-corrected chi connectivity index (χ0v) is 25.6. The van der Waals surface area contributed by atoms with Crippen molar-refractivity contribution in [2.45, 2.75) is 43.9 Å². The van der Waals surface area contributed by atoms with Crippen LogP contribution in [-0.4, -0.2) is 19.9 Å². The van der Waals surface area contributed by atoms with Crippen LogP contribution in [0.2, 0.25) is 0 Å². The van der Waals surface area contributed by atoms with E-state index >= 15 is 0 Å². The van der Waals surface area contributed by atoms with Gasteiger partial charge in [0.15, 0.2) is 17.5 Å². The third-order valence-electron chi connectivity index (χ3n) is 10.8. The summed E-state index contributed by atoms with van der Waals surface area (Å²) in [5.74, 6) is 4.60. The van der Waals surface area contributed by atoms with E-state index in [0.717, 1.165) is 39.8 Å². The maximum atomic E-state index is 9.67. The van der Waals surface area contributed by atoms with E-state index in [2.05, 4.69) is 59.6 Å². The lowest BCUT2D eigenvalue weighted by Gasteiger charge is -2.57. The van der Waals surface area contributed by atoms with Crippen LogP contribution in [0.1, 0.15) is 49.7 Å². The largest absolute Gasteiger partial charge is 0.255 e. The van der Waals surface area contributed by atoms with Gasteiger partial charge in [0.05, 0.1) is 11.1 Å². The van der Waals surface area contributed by atoms with Crippen molar-refractivity contribution in [1.82, 2.24) is 19.9 Å². The molecule has 4 fully saturated rings. The smallest absolute Gasteiger partial charge is 0.164 e. The number of nitriles is 1. The highest BCUT2D eigenvalue weighted by Gasteiger charge is 2.51. The first-order valence-electron chi connectivity index (χ1n) is 16.5. The Kier molecular flexibility index (Phi) is 6.31. The molecule has 0 amide bonds. The molecule has 4 aromatic carbocycles. The molecule has 4 aliphatic rings. The number of hydrogen-bond acceptors (Lipinski definition) is 5. The predicted octanol–water partition coefficient (Wildman–Crippen LogP) is 9.43. The Morgan fingerprint density at radius 1 is 0.565 bits per heavy atom. The minimum atomic E-state index is 0.417. The van der Waals surface area contributed by atoms with Gasteiger partial charge < -0.3 is 0 Å². The van der Waals surface area contributed by atoms with E-state index in [9.17, 15) is 5.26 Å². The third kappa shape index (κ3) is 4.60. The Balaban J connectivity index is 1.07. The molecule has 0 radical (unpaired) electrons. The second kappa shape index (κ2) is 10.7. The fourth-order valence-corrected chi connectivity index (χ4v) is 9.09. The number of aromatic nitrogens is 4. The average molecular weight is 596 g/mol. The standard InChI is InChI=1S/C41H33N5/c42-25-33-14-17-36(35-7-4-18-43-37(33)35)40-45-38(31-5-2-1-3-6-31)44-39(46-40)32-10-8-29(9-11-32)30-12-15-34(16-13-30)41-22-26-19-27(23-41)21-28(20-26)24-41/h1-18,26-28H,19-24H2/t26-,27+,28-,41?. The Morgan fingerprint density at radius 3 is 1.76 bits per heavy atom. The van der Waals surface area contributed by atoms with E-state index in [4.69, 9.17) is 15.0 Å². The topological polar surface area (TPSA) is 75.3 Å². The fourth-order valence-electron chi connectivity index (χ4n) is 9.09. The molecule has 10 rings (SSSR count). The highest BCUT2D eigenvalue weighted by molar-refractivity contribution is 5.96. The summed E-state index contributed by atoms with van der Waals surface area (Å²) in [6.45, 7) is 0. The minimum absolute atomic E-state index is 0.417. The van der Waals surface area contributed by atoms with Crippen molar-refractivity contribution in [1.29, 1.82) is 5.26 Å². The van der Waals surface area contributed by atoms with Crippen LogP contribution in [0.3, 0.4) is 0 Å². The molecule has 0 N–H and O–H groups in total. The lowest BCUT2D eigenvalue weighted by Crippen LogP contribution is -2.48. The SMILES string of the molecule is N#Cc1ccc(-c2nc(-c3ccccc3)nc(-c3ccc(-c4ccc(C56C[C@H]7C[C@@H](C5)C[C@@H](C6)C7)cc4)cc3)n2)c2cccnc12. The van der Waals surface area contributed by atoms with Crippen LogP contribution in [-0.2, 0) is 5.41 Å². The van der Waals surface area contributed by atoms with Crippen molar-refractivity contribution < 1.29 is 0 Å². The van der Waals surface area contributed by atoms with Crippen LogP contribution < -0.4 is 0 Å². The van der Waals surface area contributed by atoms with Crippen LogP contribution in [0, 0.1) is 29.1 Å². The summed E-state index contributed by atoms with van der Waals surface area (Å²) in [7, 11) is 0. The molecule has 0 saturated heterocycles. The van der Waals surface area contributed by atoms with Gasteiger partial charge in [-0.1, -0.05) is 84.9 Å².